The van der Waals surface area contributed by atoms with E-state index < -0.39 is 12.2 Å². The van der Waals surface area contributed by atoms with Gasteiger partial charge in [0.25, 0.3) is 0 Å². The van der Waals surface area contributed by atoms with Crippen LogP contribution in [0.15, 0.2) is 42.5 Å². The fourth-order valence-corrected chi connectivity index (χ4v) is 1.30. The number of aliphatic hydroxyl groups is 2. The highest BCUT2D eigenvalue weighted by atomic mass is 16.5. The maximum Gasteiger partial charge on any atom is 0.107 e. The lowest BCUT2D eigenvalue weighted by molar-refractivity contribution is -0.0248. The van der Waals surface area contributed by atoms with Crippen molar-refractivity contribution in [2.24, 2.45) is 0 Å². The molecule has 0 radical (unpaired) electrons. The van der Waals surface area contributed by atoms with Crippen molar-refractivity contribution < 1.29 is 14.9 Å². The summed E-state index contributed by atoms with van der Waals surface area (Å²) in [6.45, 7) is 2.36. The number of benzene rings is 1. The van der Waals surface area contributed by atoms with E-state index in [-0.39, 0.29) is 6.61 Å². The van der Waals surface area contributed by atoms with Crippen LogP contribution in [-0.4, -0.2) is 29.0 Å². The van der Waals surface area contributed by atoms with E-state index in [1.54, 1.807) is 13.0 Å². The molecule has 0 aliphatic heterocycles. The maximum absolute atomic E-state index is 9.50. The molecule has 2 atom stereocenters. The predicted molar refractivity (Wildman–Crippen MR) is 62.9 cm³/mol. The van der Waals surface area contributed by atoms with Gasteiger partial charge < -0.3 is 14.9 Å². The van der Waals surface area contributed by atoms with Gasteiger partial charge in [0.05, 0.1) is 13.2 Å². The van der Waals surface area contributed by atoms with Crippen molar-refractivity contribution in [3.63, 3.8) is 0 Å². The van der Waals surface area contributed by atoms with Gasteiger partial charge >= 0.3 is 0 Å². The zero-order chi connectivity index (χ0) is 11.8. The third-order valence-corrected chi connectivity index (χ3v) is 2.18. The summed E-state index contributed by atoms with van der Waals surface area (Å²) in [4.78, 5) is 0. The van der Waals surface area contributed by atoms with E-state index in [1.165, 1.54) is 6.08 Å². The topological polar surface area (TPSA) is 49.7 Å². The van der Waals surface area contributed by atoms with Gasteiger partial charge in [-0.15, -0.1) is 0 Å². The monoisotopic (exact) mass is 222 g/mol. The first-order chi connectivity index (χ1) is 7.74. The van der Waals surface area contributed by atoms with E-state index >= 15 is 0 Å². The molecule has 1 rings (SSSR count). The molecule has 0 bridgehead atoms. The molecule has 0 aliphatic carbocycles. The smallest absolute Gasteiger partial charge is 0.107 e. The SMILES string of the molecule is C/C=C\[C@H](O)[C@@H](O)COCc1ccccc1. The largest absolute Gasteiger partial charge is 0.388 e. The lowest BCUT2D eigenvalue weighted by atomic mass is 10.2. The summed E-state index contributed by atoms with van der Waals surface area (Å²) in [6.07, 6.45) is 1.50. The third kappa shape index (κ3) is 4.57. The summed E-state index contributed by atoms with van der Waals surface area (Å²) < 4.78 is 5.31. The quantitative estimate of drug-likeness (QED) is 0.717. The second kappa shape index (κ2) is 7.17. The highest BCUT2D eigenvalue weighted by Gasteiger charge is 2.12. The van der Waals surface area contributed by atoms with E-state index in [9.17, 15) is 10.2 Å². The zero-order valence-corrected chi connectivity index (χ0v) is 9.41. The van der Waals surface area contributed by atoms with Crippen LogP contribution in [-0.2, 0) is 11.3 Å². The normalized spacial score (nSPS) is 15.2. The molecule has 0 aliphatic rings. The van der Waals surface area contributed by atoms with Gasteiger partial charge in [-0.1, -0.05) is 42.5 Å². The van der Waals surface area contributed by atoms with Crippen LogP contribution in [0.1, 0.15) is 12.5 Å². The predicted octanol–water partition coefficient (Wildman–Crippen LogP) is 1.50. The Morgan fingerprint density at radius 1 is 1.25 bits per heavy atom. The van der Waals surface area contributed by atoms with Gasteiger partial charge in [0.15, 0.2) is 0 Å². The van der Waals surface area contributed by atoms with E-state index in [0.29, 0.717) is 6.61 Å². The van der Waals surface area contributed by atoms with E-state index in [1.807, 2.05) is 30.3 Å². The summed E-state index contributed by atoms with van der Waals surface area (Å²) in [5.74, 6) is 0. The van der Waals surface area contributed by atoms with Gasteiger partial charge in [0.1, 0.15) is 12.2 Å². The highest BCUT2D eigenvalue weighted by molar-refractivity contribution is 5.13. The first-order valence-corrected chi connectivity index (χ1v) is 5.34. The van der Waals surface area contributed by atoms with Crippen LogP contribution < -0.4 is 0 Å². The summed E-state index contributed by atoms with van der Waals surface area (Å²) in [7, 11) is 0. The molecule has 0 saturated carbocycles. The van der Waals surface area contributed by atoms with E-state index in [0.717, 1.165) is 5.56 Å². The molecule has 0 fully saturated rings. The fraction of sp³-hybridized carbons (Fsp3) is 0.385. The summed E-state index contributed by atoms with van der Waals surface area (Å²) in [5.41, 5.74) is 1.05. The lowest BCUT2D eigenvalue weighted by Gasteiger charge is -2.14. The Labute approximate surface area is 96.0 Å². The minimum atomic E-state index is -0.875. The van der Waals surface area contributed by atoms with Crippen LogP contribution in [0.25, 0.3) is 0 Å². The minimum Gasteiger partial charge on any atom is -0.388 e. The van der Waals surface area contributed by atoms with Crippen molar-refractivity contribution in [2.75, 3.05) is 6.61 Å². The Morgan fingerprint density at radius 3 is 2.56 bits per heavy atom. The maximum atomic E-state index is 9.50. The Balaban J connectivity index is 2.25. The molecule has 88 valence electrons. The van der Waals surface area contributed by atoms with E-state index in [2.05, 4.69) is 0 Å². The van der Waals surface area contributed by atoms with Crippen molar-refractivity contribution >= 4 is 0 Å². The third-order valence-electron chi connectivity index (χ3n) is 2.18. The van der Waals surface area contributed by atoms with Crippen molar-refractivity contribution in [1.29, 1.82) is 0 Å². The van der Waals surface area contributed by atoms with Crippen LogP contribution in [0.5, 0.6) is 0 Å². The van der Waals surface area contributed by atoms with Crippen molar-refractivity contribution in [3.8, 4) is 0 Å². The average Bonchev–Trinajstić information content (AvgIpc) is 2.30. The fourth-order valence-electron chi connectivity index (χ4n) is 1.30. The summed E-state index contributed by atoms with van der Waals surface area (Å²) >= 11 is 0. The van der Waals surface area contributed by atoms with Crippen LogP contribution in [0.3, 0.4) is 0 Å². The molecule has 0 aromatic heterocycles. The second-order valence-corrected chi connectivity index (χ2v) is 3.58. The molecule has 0 spiro atoms. The van der Waals surface area contributed by atoms with Crippen LogP contribution >= 0.6 is 0 Å². The molecule has 1 aromatic carbocycles. The molecule has 1 aromatic rings. The molecule has 0 unspecified atom stereocenters. The van der Waals surface area contributed by atoms with Crippen molar-refractivity contribution in [3.05, 3.63) is 48.0 Å². The second-order valence-electron chi connectivity index (χ2n) is 3.58. The number of rotatable bonds is 6. The molecule has 3 nitrogen and oxygen atoms in total. The summed E-state index contributed by atoms with van der Waals surface area (Å²) in [6, 6.07) is 9.71. The zero-order valence-electron chi connectivity index (χ0n) is 9.41. The van der Waals surface area contributed by atoms with Gasteiger partial charge in [-0.25, -0.2) is 0 Å². The number of aliphatic hydroxyl groups excluding tert-OH is 2. The van der Waals surface area contributed by atoms with Gasteiger partial charge in [0.2, 0.25) is 0 Å². The van der Waals surface area contributed by atoms with Gasteiger partial charge in [-0.2, -0.15) is 0 Å². The van der Waals surface area contributed by atoms with Gasteiger partial charge in [0, 0.05) is 0 Å². The standard InChI is InChI=1S/C13H18O3/c1-2-6-12(14)13(15)10-16-9-11-7-4-3-5-8-11/h2-8,12-15H,9-10H2,1H3/b6-2-/t12-,13-/m0/s1. The number of hydrogen-bond acceptors (Lipinski definition) is 3. The van der Waals surface area contributed by atoms with Crippen molar-refractivity contribution in [1.82, 2.24) is 0 Å². The molecular formula is C13H18O3. The number of ether oxygens (including phenoxy) is 1. The van der Waals surface area contributed by atoms with Crippen molar-refractivity contribution in [2.45, 2.75) is 25.7 Å². The lowest BCUT2D eigenvalue weighted by Crippen LogP contribution is -2.28. The molecule has 3 heteroatoms. The molecule has 16 heavy (non-hydrogen) atoms. The number of hydrogen-bond donors (Lipinski definition) is 2. The first kappa shape index (κ1) is 12.9. The van der Waals surface area contributed by atoms with E-state index in [4.69, 9.17) is 4.74 Å². The Bertz CT molecular complexity index is 308. The Hall–Kier alpha value is -1.16. The van der Waals surface area contributed by atoms with Crippen LogP contribution in [0.4, 0.5) is 0 Å². The van der Waals surface area contributed by atoms with Crippen LogP contribution in [0.2, 0.25) is 0 Å². The first-order valence-electron chi connectivity index (χ1n) is 5.34. The molecule has 2 N–H and O–H groups in total. The molecule has 0 saturated heterocycles. The number of allylic oxidation sites excluding steroid dienone is 1. The van der Waals surface area contributed by atoms with Crippen LogP contribution in [0, 0.1) is 0 Å². The molecular weight excluding hydrogens is 204 g/mol. The highest BCUT2D eigenvalue weighted by Crippen LogP contribution is 2.02. The van der Waals surface area contributed by atoms with Gasteiger partial charge in [-0.3, -0.25) is 0 Å². The minimum absolute atomic E-state index is 0.125. The summed E-state index contributed by atoms with van der Waals surface area (Å²) in [5, 5.41) is 18.9. The van der Waals surface area contributed by atoms with Gasteiger partial charge in [-0.05, 0) is 12.5 Å². The molecule has 0 heterocycles. The average molecular weight is 222 g/mol. The Kier molecular flexibility index (Phi) is 5.78. The Morgan fingerprint density at radius 2 is 1.94 bits per heavy atom. The molecule has 0 amide bonds.